The van der Waals surface area contributed by atoms with Gasteiger partial charge in [-0.2, -0.15) is 0 Å². The number of carboxylic acids is 2. The summed E-state index contributed by atoms with van der Waals surface area (Å²) in [6, 6.07) is 14.8. The number of carbonyl (C=O) groups is 2. The second-order valence-electron chi connectivity index (χ2n) is 5.52. The molecule has 32 heavy (non-hydrogen) atoms. The number of fused-ring (bicyclic) bond motifs is 3. The molecule has 0 amide bonds. The molecule has 0 atom stereocenters. The number of hydrogen-bond donors (Lipinski definition) is 1. The van der Waals surface area contributed by atoms with Gasteiger partial charge in [-0.15, -0.1) is 5.75 Å². The minimum atomic E-state index is -1.61. The van der Waals surface area contributed by atoms with Gasteiger partial charge in [0, 0.05) is 28.7 Å². The van der Waals surface area contributed by atoms with Crippen molar-refractivity contribution >= 4 is 33.7 Å². The Morgan fingerprint density at radius 3 is 1.66 bits per heavy atom. The van der Waals surface area contributed by atoms with Crippen molar-refractivity contribution in [3.8, 4) is 5.75 Å². The average molecular weight is 494 g/mol. The third-order valence-electron chi connectivity index (χ3n) is 3.79. The molecule has 0 aliphatic rings. The minimum Gasteiger partial charge on any atom is -0.872 e. The molecule has 2 aromatic heterocycles. The smallest absolute Gasteiger partial charge is 0.872 e. The van der Waals surface area contributed by atoms with Crippen molar-refractivity contribution in [2.45, 2.75) is 0 Å². The van der Waals surface area contributed by atoms with Gasteiger partial charge in [0.1, 0.15) is 0 Å². The van der Waals surface area contributed by atoms with Gasteiger partial charge in [-0.05, 0) is 12.1 Å². The zero-order chi connectivity index (χ0) is 19.4. The molecule has 0 aliphatic heterocycles. The zero-order valence-electron chi connectivity index (χ0n) is 16.4. The fourth-order valence-electron chi connectivity index (χ4n) is 2.56. The van der Waals surface area contributed by atoms with Crippen LogP contribution in [-0.2, 0) is 33.2 Å². The number of rotatable bonds is 2. The number of carboxylic acid groups (broad SMARTS) is 2. The first-order chi connectivity index (χ1) is 13.0. The Kier molecular flexibility index (Phi) is 14.8. The average Bonchev–Trinajstić information content (AvgIpc) is 2.68. The minimum absolute atomic E-state index is 0. The first kappa shape index (κ1) is 33.0. The van der Waals surface area contributed by atoms with E-state index in [0.29, 0.717) is 0 Å². The van der Waals surface area contributed by atoms with Gasteiger partial charge in [0.05, 0.1) is 22.6 Å². The molecule has 0 bridgehead atoms. The van der Waals surface area contributed by atoms with Crippen LogP contribution in [0.3, 0.4) is 0 Å². The maximum atomic E-state index is 10.7. The maximum Gasteiger partial charge on any atom is 2.00 e. The largest absolute Gasteiger partial charge is 2.00 e. The van der Waals surface area contributed by atoms with Crippen molar-refractivity contribution in [1.82, 2.24) is 9.97 Å². The van der Waals surface area contributed by atoms with Gasteiger partial charge in [-0.25, -0.2) is 4.79 Å². The summed E-state index contributed by atoms with van der Waals surface area (Å²) in [5, 5.41) is 31.8. The molecule has 2 heterocycles. The van der Waals surface area contributed by atoms with E-state index < -0.39 is 28.8 Å². The predicted molar refractivity (Wildman–Crippen MR) is 112 cm³/mol. The van der Waals surface area contributed by atoms with Crippen molar-refractivity contribution in [3.63, 3.8) is 0 Å². The fraction of sp³-hybridized carbons (Fsp3) is 0. The molecule has 4 rings (SSSR count). The van der Waals surface area contributed by atoms with Crippen molar-refractivity contribution in [2.75, 3.05) is 0 Å². The quantitative estimate of drug-likeness (QED) is 0.242. The molecule has 0 saturated carbocycles. The van der Waals surface area contributed by atoms with Crippen LogP contribution in [0, 0.1) is 0 Å². The number of pyridine rings is 2. The van der Waals surface area contributed by atoms with Gasteiger partial charge < -0.3 is 42.0 Å². The molecule has 0 spiro atoms. The number of hydrogen-bond acceptors (Lipinski definition) is 6. The first-order valence-corrected chi connectivity index (χ1v) is 7.81. The van der Waals surface area contributed by atoms with E-state index in [4.69, 9.17) is 5.11 Å². The summed E-state index contributed by atoms with van der Waals surface area (Å²) < 4.78 is 0. The Hall–Kier alpha value is -3.65. The summed E-state index contributed by atoms with van der Waals surface area (Å²) >= 11 is 0. The Balaban J connectivity index is -0.000000456. The van der Waals surface area contributed by atoms with E-state index in [-0.39, 0.29) is 38.7 Å². The summed E-state index contributed by atoms with van der Waals surface area (Å²) in [4.78, 5) is 29.5. The standard InChI is InChI=1S/C12H8N2.C8H6O5.Co.4H2O/c1-3-9-5-6-10-4-2-8-14-12(10)11(9)13-7-1;9-4-1-2-5(7(10)11)6(3-4)8(12)13;;;;;/h1-8H;1-3,9H,(H,10,11)(H,12,13);;4*1H2/q;;+2;;;;/p+1. The molecule has 4 aromatic rings. The molecule has 1 radical (unpaired) electrons. The summed E-state index contributed by atoms with van der Waals surface area (Å²) in [7, 11) is 0. The molecule has 0 saturated heterocycles. The van der Waals surface area contributed by atoms with Gasteiger partial charge >= 0.3 is 22.7 Å². The van der Waals surface area contributed by atoms with Gasteiger partial charge in [-0.1, -0.05) is 42.5 Å². The predicted octanol–water partition coefficient (Wildman–Crippen LogP) is -1.99. The number of aromatic carboxylic acids is 2. The Morgan fingerprint density at radius 1 is 0.781 bits per heavy atom. The second kappa shape index (κ2) is 14.4. The zero-order valence-corrected chi connectivity index (χ0v) is 17.4. The monoisotopic (exact) mass is 494 g/mol. The topological polar surface area (TPSA) is 257 Å². The fourth-order valence-corrected chi connectivity index (χ4v) is 2.56. The van der Waals surface area contributed by atoms with E-state index in [9.17, 15) is 19.8 Å². The van der Waals surface area contributed by atoms with Crippen LogP contribution >= 0.6 is 0 Å². The second-order valence-corrected chi connectivity index (χ2v) is 5.52. The molecular formula is C20H23CoN2O9+3. The SMILES string of the molecule is O.O=C([O-])c1ccc([O-])cc1C(=O)O.[Co+2].[OH3+].[OH3+].[OH3+].c1cnc2c(c1)ccc1cccnc12. The van der Waals surface area contributed by atoms with Gasteiger partial charge in [-0.3, -0.25) is 9.97 Å². The van der Waals surface area contributed by atoms with Crippen LogP contribution in [-0.4, -0.2) is 32.5 Å². The van der Waals surface area contributed by atoms with E-state index in [0.717, 1.165) is 40.0 Å². The Bertz CT molecular complexity index is 1120. The van der Waals surface area contributed by atoms with Crippen LogP contribution in [0.2, 0.25) is 0 Å². The van der Waals surface area contributed by atoms with Gasteiger partial charge in [0.25, 0.3) is 0 Å². The molecule has 11 nitrogen and oxygen atoms in total. The van der Waals surface area contributed by atoms with Crippen LogP contribution in [0.25, 0.3) is 21.8 Å². The molecule has 2 aromatic carbocycles. The summed E-state index contributed by atoms with van der Waals surface area (Å²) in [5.41, 5.74) is 0.913. The van der Waals surface area contributed by atoms with Crippen LogP contribution in [0.5, 0.6) is 5.75 Å². The Labute approximate surface area is 191 Å². The molecule has 12 heteroatoms. The molecule has 0 aliphatic carbocycles. The van der Waals surface area contributed by atoms with Crippen LogP contribution < -0.4 is 10.2 Å². The number of aromatic nitrogens is 2. The van der Waals surface area contributed by atoms with E-state index in [1.165, 1.54) is 0 Å². The van der Waals surface area contributed by atoms with Crippen molar-refractivity contribution in [1.29, 1.82) is 0 Å². The number of nitrogens with zero attached hydrogens (tertiary/aromatic N) is 2. The third-order valence-corrected chi connectivity index (χ3v) is 3.79. The van der Waals surface area contributed by atoms with Crippen molar-refractivity contribution in [2.24, 2.45) is 0 Å². The van der Waals surface area contributed by atoms with Gasteiger partial charge in [0.15, 0.2) is 0 Å². The first-order valence-electron chi connectivity index (χ1n) is 7.81. The molecule has 0 unspecified atom stereocenters. The molecule has 12 N–H and O–H groups in total. The summed E-state index contributed by atoms with van der Waals surface area (Å²) in [5.74, 6) is -3.63. The van der Waals surface area contributed by atoms with Crippen molar-refractivity contribution in [3.05, 3.63) is 78.1 Å². The number of benzene rings is 2. The van der Waals surface area contributed by atoms with E-state index >= 15 is 0 Å². The third kappa shape index (κ3) is 7.24. The van der Waals surface area contributed by atoms with Gasteiger partial charge in [0.2, 0.25) is 0 Å². The normalized spacial score (nSPS) is 8.62. The summed E-state index contributed by atoms with van der Waals surface area (Å²) in [6.07, 6.45) is 3.60. The number of carbonyl (C=O) groups excluding carboxylic acids is 1. The van der Waals surface area contributed by atoms with Crippen molar-refractivity contribution < 1.29 is 63.6 Å². The summed E-state index contributed by atoms with van der Waals surface area (Å²) in [6.45, 7) is 0. The molecule has 173 valence electrons. The van der Waals surface area contributed by atoms with Crippen LogP contribution in [0.1, 0.15) is 20.7 Å². The Morgan fingerprint density at radius 2 is 1.25 bits per heavy atom. The molecular weight excluding hydrogens is 471 g/mol. The van der Waals surface area contributed by atoms with E-state index in [1.54, 1.807) is 12.4 Å². The van der Waals surface area contributed by atoms with E-state index in [2.05, 4.69) is 34.2 Å². The van der Waals surface area contributed by atoms with E-state index in [1.807, 2.05) is 12.1 Å². The molecule has 0 fully saturated rings. The van der Waals surface area contributed by atoms with Crippen LogP contribution in [0.4, 0.5) is 0 Å². The van der Waals surface area contributed by atoms with Crippen LogP contribution in [0.15, 0.2) is 67.0 Å². The maximum absolute atomic E-state index is 10.7.